The van der Waals surface area contributed by atoms with Crippen LogP contribution in [0.3, 0.4) is 0 Å². The van der Waals surface area contributed by atoms with Gasteiger partial charge in [-0.2, -0.15) is 4.68 Å². The van der Waals surface area contributed by atoms with Gasteiger partial charge >= 0.3 is 0 Å². The molecule has 106 valence electrons. The van der Waals surface area contributed by atoms with Crippen LogP contribution in [0.15, 0.2) is 35.5 Å². The quantitative estimate of drug-likeness (QED) is 0.817. The van der Waals surface area contributed by atoms with Gasteiger partial charge < -0.3 is 5.32 Å². The molecule has 2 rings (SSSR count). The monoisotopic (exact) mass is 291 g/mol. The van der Waals surface area contributed by atoms with Crippen LogP contribution in [0.5, 0.6) is 0 Å². The third kappa shape index (κ3) is 4.06. The Bertz CT molecular complexity index is 555. The van der Waals surface area contributed by atoms with Crippen LogP contribution in [0.2, 0.25) is 0 Å². The van der Waals surface area contributed by atoms with Gasteiger partial charge in [0.15, 0.2) is 0 Å². The highest BCUT2D eigenvalue weighted by Gasteiger charge is 2.11. The predicted molar refractivity (Wildman–Crippen MR) is 77.7 cm³/mol. The van der Waals surface area contributed by atoms with Crippen LogP contribution in [0.1, 0.15) is 13.8 Å². The summed E-state index contributed by atoms with van der Waals surface area (Å²) in [4.78, 5) is 11.7. The molecular formula is C13H17N5OS. The second-order valence-electron chi connectivity index (χ2n) is 4.70. The molecule has 0 atom stereocenters. The zero-order valence-corrected chi connectivity index (χ0v) is 12.3. The Labute approximate surface area is 121 Å². The van der Waals surface area contributed by atoms with Crippen molar-refractivity contribution in [2.45, 2.75) is 19.0 Å². The van der Waals surface area contributed by atoms with E-state index in [2.05, 4.69) is 34.7 Å². The summed E-state index contributed by atoms with van der Waals surface area (Å²) in [5.41, 5.74) is 0.877. The number of nitrogens with one attached hydrogen (secondary N) is 1. The van der Waals surface area contributed by atoms with Gasteiger partial charge in [-0.3, -0.25) is 4.79 Å². The van der Waals surface area contributed by atoms with Crippen molar-refractivity contribution in [2.75, 3.05) is 12.3 Å². The molecular weight excluding hydrogens is 274 g/mol. The second kappa shape index (κ2) is 7.04. The molecule has 0 fully saturated rings. The highest BCUT2D eigenvalue weighted by molar-refractivity contribution is 7.99. The van der Waals surface area contributed by atoms with Gasteiger partial charge in [0.05, 0.1) is 11.4 Å². The average molecular weight is 291 g/mol. The minimum Gasteiger partial charge on any atom is -0.355 e. The zero-order valence-electron chi connectivity index (χ0n) is 11.5. The number of nitrogens with zero attached hydrogens (tertiary/aromatic N) is 4. The maximum absolute atomic E-state index is 11.7. The molecule has 0 aliphatic rings. The molecule has 6 nitrogen and oxygen atoms in total. The molecule has 1 N–H and O–H groups in total. The molecule has 0 spiro atoms. The van der Waals surface area contributed by atoms with Gasteiger partial charge in [0, 0.05) is 6.54 Å². The van der Waals surface area contributed by atoms with Crippen molar-refractivity contribution in [3.63, 3.8) is 0 Å². The van der Waals surface area contributed by atoms with Crippen LogP contribution in [0.25, 0.3) is 5.69 Å². The van der Waals surface area contributed by atoms with Crippen molar-refractivity contribution in [3.8, 4) is 5.69 Å². The molecule has 0 saturated carbocycles. The lowest BCUT2D eigenvalue weighted by molar-refractivity contribution is -0.118. The van der Waals surface area contributed by atoms with Gasteiger partial charge in [0.2, 0.25) is 11.1 Å². The van der Waals surface area contributed by atoms with Gasteiger partial charge in [-0.25, -0.2) is 0 Å². The maximum atomic E-state index is 11.7. The number of carbonyl (C=O) groups excluding carboxylic acids is 1. The van der Waals surface area contributed by atoms with Crippen molar-refractivity contribution in [1.82, 2.24) is 25.5 Å². The van der Waals surface area contributed by atoms with Crippen LogP contribution in [-0.4, -0.2) is 38.4 Å². The Hall–Kier alpha value is -1.89. The summed E-state index contributed by atoms with van der Waals surface area (Å²) in [6.07, 6.45) is 0. The van der Waals surface area contributed by atoms with Crippen molar-refractivity contribution >= 4 is 17.7 Å². The van der Waals surface area contributed by atoms with Crippen molar-refractivity contribution in [2.24, 2.45) is 5.92 Å². The molecule has 0 aliphatic carbocycles. The molecule has 1 amide bonds. The third-order valence-corrected chi connectivity index (χ3v) is 3.40. The van der Waals surface area contributed by atoms with Gasteiger partial charge in [-0.1, -0.05) is 43.8 Å². The van der Waals surface area contributed by atoms with E-state index < -0.39 is 0 Å². The van der Waals surface area contributed by atoms with Crippen molar-refractivity contribution in [3.05, 3.63) is 30.3 Å². The number of para-hydroxylation sites is 1. The first-order valence-corrected chi connectivity index (χ1v) is 7.38. The molecule has 2 aromatic rings. The highest BCUT2D eigenvalue weighted by atomic mass is 32.2. The number of aromatic nitrogens is 4. The molecule has 0 radical (unpaired) electrons. The Morgan fingerprint density at radius 1 is 1.35 bits per heavy atom. The average Bonchev–Trinajstić information content (AvgIpc) is 2.92. The van der Waals surface area contributed by atoms with E-state index in [0.717, 1.165) is 5.69 Å². The number of amides is 1. The Morgan fingerprint density at radius 3 is 2.80 bits per heavy atom. The van der Waals surface area contributed by atoms with E-state index >= 15 is 0 Å². The zero-order chi connectivity index (χ0) is 14.4. The van der Waals surface area contributed by atoms with E-state index in [1.165, 1.54) is 11.8 Å². The summed E-state index contributed by atoms with van der Waals surface area (Å²) in [5, 5.41) is 15.0. The molecule has 7 heteroatoms. The second-order valence-corrected chi connectivity index (χ2v) is 5.64. The first kappa shape index (κ1) is 14.5. The molecule has 0 bridgehead atoms. The summed E-state index contributed by atoms with van der Waals surface area (Å²) in [6.45, 7) is 4.80. The minimum absolute atomic E-state index is 0.00804. The summed E-state index contributed by atoms with van der Waals surface area (Å²) < 4.78 is 1.63. The number of rotatable bonds is 6. The van der Waals surface area contributed by atoms with Gasteiger partial charge in [0.1, 0.15) is 0 Å². The fraction of sp³-hybridized carbons (Fsp3) is 0.385. The summed E-state index contributed by atoms with van der Waals surface area (Å²) >= 11 is 1.32. The normalized spacial score (nSPS) is 10.8. The molecule has 1 aromatic heterocycles. The molecule has 0 aliphatic heterocycles. The van der Waals surface area contributed by atoms with Crippen LogP contribution in [-0.2, 0) is 4.79 Å². The van der Waals surface area contributed by atoms with Crippen molar-refractivity contribution in [1.29, 1.82) is 0 Å². The fourth-order valence-electron chi connectivity index (χ4n) is 1.50. The molecule has 20 heavy (non-hydrogen) atoms. The number of thioether (sulfide) groups is 1. The third-order valence-electron chi connectivity index (χ3n) is 2.48. The Balaban J connectivity index is 1.95. The van der Waals surface area contributed by atoms with Crippen LogP contribution >= 0.6 is 11.8 Å². The van der Waals surface area contributed by atoms with E-state index in [1.807, 2.05) is 30.3 Å². The molecule has 1 aromatic carbocycles. The largest absolute Gasteiger partial charge is 0.355 e. The maximum Gasteiger partial charge on any atom is 0.230 e. The Morgan fingerprint density at radius 2 is 2.10 bits per heavy atom. The lowest BCUT2D eigenvalue weighted by Crippen LogP contribution is -2.28. The minimum atomic E-state index is -0.00804. The predicted octanol–water partition coefficient (Wildman–Crippen LogP) is 1.53. The standard InChI is InChI=1S/C13H17N5OS/c1-10(2)8-14-12(19)9-20-13-15-16-17-18(13)11-6-4-3-5-7-11/h3-7,10H,8-9H2,1-2H3,(H,14,19). The molecule has 1 heterocycles. The fourth-order valence-corrected chi connectivity index (χ4v) is 2.22. The number of hydrogen-bond donors (Lipinski definition) is 1. The van der Waals surface area contributed by atoms with Crippen molar-refractivity contribution < 1.29 is 4.79 Å². The number of carbonyl (C=O) groups is 1. The van der Waals surface area contributed by atoms with Crippen LogP contribution in [0.4, 0.5) is 0 Å². The number of tetrazole rings is 1. The van der Waals surface area contributed by atoms with Crippen LogP contribution in [0, 0.1) is 5.92 Å². The topological polar surface area (TPSA) is 72.7 Å². The molecule has 0 unspecified atom stereocenters. The smallest absolute Gasteiger partial charge is 0.230 e. The summed E-state index contributed by atoms with van der Waals surface area (Å²) in [5.74, 6) is 0.741. The van der Waals surface area contributed by atoms with Gasteiger partial charge in [-0.15, -0.1) is 5.10 Å². The lowest BCUT2D eigenvalue weighted by Gasteiger charge is -2.07. The Kier molecular flexibility index (Phi) is 5.11. The van der Waals surface area contributed by atoms with Crippen LogP contribution < -0.4 is 5.32 Å². The lowest BCUT2D eigenvalue weighted by atomic mass is 10.2. The van der Waals surface area contributed by atoms with E-state index in [9.17, 15) is 4.79 Å². The SMILES string of the molecule is CC(C)CNC(=O)CSc1nnnn1-c1ccccc1. The van der Waals surface area contributed by atoms with E-state index in [4.69, 9.17) is 0 Å². The van der Waals surface area contributed by atoms with Gasteiger partial charge in [-0.05, 0) is 28.5 Å². The number of benzene rings is 1. The van der Waals surface area contributed by atoms with E-state index in [1.54, 1.807) is 4.68 Å². The first-order valence-electron chi connectivity index (χ1n) is 6.40. The van der Waals surface area contributed by atoms with E-state index in [0.29, 0.717) is 23.4 Å². The molecule has 0 saturated heterocycles. The van der Waals surface area contributed by atoms with E-state index in [-0.39, 0.29) is 5.91 Å². The summed E-state index contributed by atoms with van der Waals surface area (Å²) in [6, 6.07) is 9.60. The summed E-state index contributed by atoms with van der Waals surface area (Å²) in [7, 11) is 0. The first-order chi connectivity index (χ1) is 9.66. The highest BCUT2D eigenvalue weighted by Crippen LogP contribution is 2.17. The van der Waals surface area contributed by atoms with Gasteiger partial charge in [0.25, 0.3) is 0 Å². The number of hydrogen-bond acceptors (Lipinski definition) is 5.